The van der Waals surface area contributed by atoms with Crippen LogP contribution >= 0.6 is 0 Å². The second-order valence-electron chi connectivity index (χ2n) is 5.30. The average molecular weight is 296 g/mol. The highest BCUT2D eigenvalue weighted by molar-refractivity contribution is 6.00. The Morgan fingerprint density at radius 1 is 1.14 bits per heavy atom. The molecule has 0 unspecified atom stereocenters. The third-order valence-corrected chi connectivity index (χ3v) is 3.48. The molecule has 1 atom stereocenters. The smallest absolute Gasteiger partial charge is 0.273 e. The van der Waals surface area contributed by atoms with Gasteiger partial charge in [0.15, 0.2) is 6.10 Å². The van der Waals surface area contributed by atoms with Crippen LogP contribution in [-0.2, 0) is 4.79 Å². The molecular weight excluding hydrogens is 276 g/mol. The number of hydrazone groups is 1. The molecule has 0 aromatic heterocycles. The minimum atomic E-state index is -1.23. The first-order chi connectivity index (χ1) is 10.5. The Kier molecular flexibility index (Phi) is 5.07. The molecule has 2 N–H and O–H groups in total. The summed E-state index contributed by atoms with van der Waals surface area (Å²) in [5.74, 6) is -0.546. The quantitative estimate of drug-likeness (QED) is 0.673. The summed E-state index contributed by atoms with van der Waals surface area (Å²) >= 11 is 0. The number of nitrogens with zero attached hydrogens (tertiary/aromatic N) is 1. The van der Waals surface area contributed by atoms with Crippen LogP contribution in [0, 0.1) is 13.8 Å². The van der Waals surface area contributed by atoms with Gasteiger partial charge in [0.05, 0.1) is 5.71 Å². The van der Waals surface area contributed by atoms with Crippen molar-refractivity contribution >= 4 is 11.6 Å². The fourth-order valence-corrected chi connectivity index (χ4v) is 2.17. The highest BCUT2D eigenvalue weighted by Gasteiger charge is 2.16. The second-order valence-corrected chi connectivity index (χ2v) is 5.30. The van der Waals surface area contributed by atoms with Crippen LogP contribution in [-0.4, -0.2) is 16.7 Å². The lowest BCUT2D eigenvalue weighted by Gasteiger charge is -2.10. The van der Waals surface area contributed by atoms with E-state index in [1.807, 2.05) is 45.0 Å². The number of hydrogen-bond acceptors (Lipinski definition) is 3. The Balaban J connectivity index is 2.10. The topological polar surface area (TPSA) is 61.7 Å². The minimum absolute atomic E-state index is 0.541. The van der Waals surface area contributed by atoms with Gasteiger partial charge < -0.3 is 5.11 Å². The lowest BCUT2D eigenvalue weighted by Crippen LogP contribution is -2.26. The monoisotopic (exact) mass is 296 g/mol. The highest BCUT2D eigenvalue weighted by Crippen LogP contribution is 2.13. The first-order valence-electron chi connectivity index (χ1n) is 7.14. The molecule has 0 heterocycles. The minimum Gasteiger partial charge on any atom is -0.378 e. The molecule has 22 heavy (non-hydrogen) atoms. The van der Waals surface area contributed by atoms with Crippen LogP contribution in [0.25, 0.3) is 0 Å². The van der Waals surface area contributed by atoms with Gasteiger partial charge in [0.2, 0.25) is 0 Å². The first kappa shape index (κ1) is 15.9. The SMILES string of the molecule is C/C(=N/NC(=O)[C@@H](O)c1ccccc1)c1cc(C)ccc1C. The summed E-state index contributed by atoms with van der Waals surface area (Å²) < 4.78 is 0. The number of carbonyl (C=O) groups is 1. The van der Waals surface area contributed by atoms with Crippen molar-refractivity contribution in [3.05, 3.63) is 70.8 Å². The molecule has 0 saturated heterocycles. The molecular formula is C18H20N2O2. The zero-order valence-electron chi connectivity index (χ0n) is 13.0. The van der Waals surface area contributed by atoms with Crippen LogP contribution in [0.3, 0.4) is 0 Å². The molecule has 0 aliphatic heterocycles. The Bertz CT molecular complexity index is 693. The van der Waals surface area contributed by atoms with E-state index in [4.69, 9.17) is 0 Å². The van der Waals surface area contributed by atoms with Gasteiger partial charge in [0, 0.05) is 5.56 Å². The summed E-state index contributed by atoms with van der Waals surface area (Å²) in [5.41, 5.74) is 6.87. The van der Waals surface area contributed by atoms with Crippen LogP contribution in [0.5, 0.6) is 0 Å². The lowest BCUT2D eigenvalue weighted by atomic mass is 10.0. The number of carbonyl (C=O) groups excluding carboxylic acids is 1. The first-order valence-corrected chi connectivity index (χ1v) is 7.14. The van der Waals surface area contributed by atoms with E-state index in [1.54, 1.807) is 24.3 Å². The van der Waals surface area contributed by atoms with Gasteiger partial charge in [0.25, 0.3) is 5.91 Å². The normalized spacial score (nSPS) is 12.8. The Hall–Kier alpha value is -2.46. The van der Waals surface area contributed by atoms with Crippen LogP contribution in [0.1, 0.15) is 35.3 Å². The van der Waals surface area contributed by atoms with Crippen molar-refractivity contribution in [1.82, 2.24) is 5.43 Å². The van der Waals surface area contributed by atoms with Gasteiger partial charge >= 0.3 is 0 Å². The molecule has 4 heteroatoms. The molecule has 0 fully saturated rings. The maximum Gasteiger partial charge on any atom is 0.273 e. The number of aliphatic hydroxyl groups excluding tert-OH is 1. The second kappa shape index (κ2) is 7.00. The van der Waals surface area contributed by atoms with E-state index in [0.29, 0.717) is 11.3 Å². The van der Waals surface area contributed by atoms with E-state index in [-0.39, 0.29) is 0 Å². The predicted molar refractivity (Wildman–Crippen MR) is 87.7 cm³/mol. The van der Waals surface area contributed by atoms with Crippen molar-refractivity contribution in [2.45, 2.75) is 26.9 Å². The van der Waals surface area contributed by atoms with Crippen molar-refractivity contribution in [1.29, 1.82) is 0 Å². The number of benzene rings is 2. The standard InChI is InChI=1S/C18H20N2O2/c1-12-9-10-13(2)16(11-12)14(3)19-20-18(22)17(21)15-7-5-4-6-8-15/h4-11,17,21H,1-3H3,(H,20,22)/b19-14-/t17-/m0/s1. The average Bonchev–Trinajstić information content (AvgIpc) is 2.54. The summed E-state index contributed by atoms with van der Waals surface area (Å²) in [6, 6.07) is 14.9. The van der Waals surface area contributed by atoms with Crippen molar-refractivity contribution in [2.75, 3.05) is 0 Å². The van der Waals surface area contributed by atoms with Crippen LogP contribution in [0.4, 0.5) is 0 Å². The number of aryl methyl sites for hydroxylation is 2. The summed E-state index contributed by atoms with van der Waals surface area (Å²) in [4.78, 5) is 12.0. The maximum atomic E-state index is 12.0. The molecule has 0 aliphatic rings. The van der Waals surface area contributed by atoms with E-state index >= 15 is 0 Å². The molecule has 0 spiro atoms. The largest absolute Gasteiger partial charge is 0.378 e. The van der Waals surface area contributed by atoms with E-state index < -0.39 is 12.0 Å². The number of hydrogen-bond donors (Lipinski definition) is 2. The predicted octanol–water partition coefficient (Wildman–Crippen LogP) is 2.88. The van der Waals surface area contributed by atoms with Crippen molar-refractivity contribution in [2.24, 2.45) is 5.10 Å². The lowest BCUT2D eigenvalue weighted by molar-refractivity contribution is -0.129. The summed E-state index contributed by atoms with van der Waals surface area (Å²) in [6.45, 7) is 5.83. The zero-order valence-corrected chi connectivity index (χ0v) is 13.0. The Morgan fingerprint density at radius 3 is 2.50 bits per heavy atom. The molecule has 0 aliphatic carbocycles. The third kappa shape index (κ3) is 3.80. The van der Waals surface area contributed by atoms with Crippen molar-refractivity contribution in [3.63, 3.8) is 0 Å². The molecule has 2 rings (SSSR count). The van der Waals surface area contributed by atoms with Gasteiger partial charge in [-0.05, 0) is 38.0 Å². The molecule has 0 bridgehead atoms. The Morgan fingerprint density at radius 2 is 1.82 bits per heavy atom. The fraction of sp³-hybridized carbons (Fsp3) is 0.222. The maximum absolute atomic E-state index is 12.0. The van der Waals surface area contributed by atoms with E-state index in [1.165, 1.54) is 0 Å². The molecule has 0 saturated carbocycles. The summed E-state index contributed by atoms with van der Waals surface area (Å²) in [7, 11) is 0. The van der Waals surface area contributed by atoms with Crippen LogP contribution < -0.4 is 5.43 Å². The third-order valence-electron chi connectivity index (χ3n) is 3.48. The molecule has 2 aromatic rings. The van der Waals surface area contributed by atoms with Gasteiger partial charge in [-0.1, -0.05) is 48.0 Å². The van der Waals surface area contributed by atoms with Gasteiger partial charge in [-0.2, -0.15) is 5.10 Å². The van der Waals surface area contributed by atoms with Gasteiger partial charge in [0.1, 0.15) is 0 Å². The zero-order chi connectivity index (χ0) is 16.1. The van der Waals surface area contributed by atoms with E-state index in [2.05, 4.69) is 10.5 Å². The van der Waals surface area contributed by atoms with Crippen LogP contribution in [0.15, 0.2) is 53.6 Å². The fourth-order valence-electron chi connectivity index (χ4n) is 2.17. The van der Waals surface area contributed by atoms with E-state index in [9.17, 15) is 9.90 Å². The number of nitrogens with one attached hydrogen (secondary N) is 1. The van der Waals surface area contributed by atoms with Gasteiger partial charge in [-0.25, -0.2) is 5.43 Å². The van der Waals surface area contributed by atoms with Crippen molar-refractivity contribution in [3.8, 4) is 0 Å². The molecule has 0 radical (unpaired) electrons. The molecule has 4 nitrogen and oxygen atoms in total. The Labute approximate surface area is 130 Å². The van der Waals surface area contributed by atoms with Crippen LogP contribution in [0.2, 0.25) is 0 Å². The molecule has 114 valence electrons. The van der Waals surface area contributed by atoms with E-state index in [0.717, 1.165) is 16.7 Å². The summed E-state index contributed by atoms with van der Waals surface area (Å²) in [6.07, 6.45) is -1.23. The van der Waals surface area contributed by atoms with Crippen molar-refractivity contribution < 1.29 is 9.90 Å². The number of aliphatic hydroxyl groups is 1. The highest BCUT2D eigenvalue weighted by atomic mass is 16.3. The van der Waals surface area contributed by atoms with Gasteiger partial charge in [-0.3, -0.25) is 4.79 Å². The number of rotatable bonds is 4. The molecule has 1 amide bonds. The molecule has 2 aromatic carbocycles. The van der Waals surface area contributed by atoms with Gasteiger partial charge in [-0.15, -0.1) is 0 Å². The summed E-state index contributed by atoms with van der Waals surface area (Å²) in [5, 5.41) is 14.1. The number of amides is 1.